The van der Waals surface area contributed by atoms with Crippen LogP contribution in [0.25, 0.3) is 0 Å². The molecule has 0 radical (unpaired) electrons. The van der Waals surface area contributed by atoms with E-state index in [1.165, 1.54) is 23.7 Å². The molecule has 2 aromatic rings. The first-order valence-electron chi connectivity index (χ1n) is 6.80. The highest BCUT2D eigenvalue weighted by Gasteiger charge is 2.40. The maximum Gasteiger partial charge on any atom is 0.256 e. The van der Waals surface area contributed by atoms with Gasteiger partial charge in [-0.25, -0.2) is 4.39 Å². The maximum absolute atomic E-state index is 13.2. The van der Waals surface area contributed by atoms with Gasteiger partial charge in [-0.3, -0.25) is 4.79 Å². The first kappa shape index (κ1) is 14.0. The molecule has 3 rings (SSSR count). The van der Waals surface area contributed by atoms with Crippen LogP contribution in [0.1, 0.15) is 34.0 Å². The Balaban J connectivity index is 1.69. The fourth-order valence-electron chi connectivity index (χ4n) is 2.51. The van der Waals surface area contributed by atoms with Gasteiger partial charge in [0.2, 0.25) is 0 Å². The molecule has 1 amide bonds. The Morgan fingerprint density at radius 2 is 2.29 bits per heavy atom. The second kappa shape index (κ2) is 5.44. The molecule has 2 N–H and O–H groups in total. The summed E-state index contributed by atoms with van der Waals surface area (Å²) in [5.74, 6) is -0.149. The molecule has 1 saturated carbocycles. The molecular formula is C15H16FN3OS. The average molecular weight is 305 g/mol. The van der Waals surface area contributed by atoms with Gasteiger partial charge in [-0.2, -0.15) is 4.37 Å². The summed E-state index contributed by atoms with van der Waals surface area (Å²) in [7, 11) is 1.77. The van der Waals surface area contributed by atoms with Gasteiger partial charge in [0, 0.05) is 19.0 Å². The van der Waals surface area contributed by atoms with Crippen molar-refractivity contribution in [1.29, 1.82) is 0 Å². The van der Waals surface area contributed by atoms with Crippen molar-refractivity contribution >= 4 is 22.4 Å². The van der Waals surface area contributed by atoms with E-state index in [9.17, 15) is 9.18 Å². The predicted molar refractivity (Wildman–Crippen MR) is 81.4 cm³/mol. The van der Waals surface area contributed by atoms with Crippen LogP contribution in [-0.4, -0.2) is 23.4 Å². The first-order chi connectivity index (χ1) is 10.1. The number of carbonyl (C=O) groups excluding carboxylic acids is 1. The molecular weight excluding hydrogens is 289 g/mol. The normalized spacial score (nSPS) is 20.1. The van der Waals surface area contributed by atoms with Gasteiger partial charge in [0.25, 0.3) is 5.91 Å². The third kappa shape index (κ3) is 2.76. The number of aromatic nitrogens is 1. The number of rotatable bonds is 4. The summed E-state index contributed by atoms with van der Waals surface area (Å²) < 4.78 is 17.4. The highest BCUT2D eigenvalue weighted by atomic mass is 32.1. The van der Waals surface area contributed by atoms with Gasteiger partial charge in [-0.1, -0.05) is 12.1 Å². The number of hydrogen-bond acceptors (Lipinski definition) is 4. The molecule has 110 valence electrons. The van der Waals surface area contributed by atoms with Crippen molar-refractivity contribution in [2.45, 2.75) is 25.3 Å². The zero-order valence-corrected chi connectivity index (χ0v) is 12.6. The van der Waals surface area contributed by atoms with Crippen molar-refractivity contribution in [1.82, 2.24) is 9.69 Å². The van der Waals surface area contributed by atoms with Crippen LogP contribution in [0, 0.1) is 12.7 Å². The van der Waals surface area contributed by atoms with Crippen LogP contribution in [0.15, 0.2) is 24.3 Å². The zero-order valence-electron chi connectivity index (χ0n) is 11.8. The Hall–Kier alpha value is -1.95. The number of nitrogens with one attached hydrogen (secondary N) is 2. The molecule has 1 aromatic carbocycles. The zero-order chi connectivity index (χ0) is 15.0. The lowest BCUT2D eigenvalue weighted by molar-refractivity contribution is 0.0950. The third-order valence-corrected chi connectivity index (χ3v) is 4.66. The maximum atomic E-state index is 13.2. The van der Waals surface area contributed by atoms with Crippen LogP contribution in [0.4, 0.5) is 9.39 Å². The van der Waals surface area contributed by atoms with E-state index in [2.05, 4.69) is 15.0 Å². The van der Waals surface area contributed by atoms with Crippen molar-refractivity contribution < 1.29 is 9.18 Å². The molecule has 4 nitrogen and oxygen atoms in total. The van der Waals surface area contributed by atoms with Crippen LogP contribution in [0.5, 0.6) is 0 Å². The summed E-state index contributed by atoms with van der Waals surface area (Å²) in [4.78, 5) is 12.3. The molecule has 1 aliphatic carbocycles. The van der Waals surface area contributed by atoms with Gasteiger partial charge < -0.3 is 10.6 Å². The second-order valence-corrected chi connectivity index (χ2v) is 5.97. The standard InChI is InChI=1S/C15H16FN3OS/c1-8-13(15(17-2)21-19-8)14(20)18-12-7-11(12)9-4-3-5-10(16)6-9/h3-6,11-12,17H,7H2,1-2H3,(H,18,20)/t11-,12-/m0/s1. The lowest BCUT2D eigenvalue weighted by atomic mass is 10.1. The molecule has 6 heteroatoms. The summed E-state index contributed by atoms with van der Waals surface area (Å²) in [6.07, 6.45) is 0.848. The molecule has 0 bridgehead atoms. The number of halogens is 1. The summed E-state index contributed by atoms with van der Waals surface area (Å²) >= 11 is 1.28. The van der Waals surface area contributed by atoms with Crippen LogP contribution in [0.3, 0.4) is 0 Å². The Bertz CT molecular complexity index is 685. The number of anilines is 1. The minimum atomic E-state index is -0.236. The summed E-state index contributed by atoms with van der Waals surface area (Å²) in [5, 5.41) is 6.76. The Kier molecular flexibility index (Phi) is 3.63. The number of amides is 1. The highest BCUT2D eigenvalue weighted by Crippen LogP contribution is 2.41. The van der Waals surface area contributed by atoms with Crippen LogP contribution >= 0.6 is 11.5 Å². The Labute approximate surface area is 126 Å². The van der Waals surface area contributed by atoms with Crippen molar-refractivity contribution in [3.8, 4) is 0 Å². The summed E-state index contributed by atoms with van der Waals surface area (Å²) in [5.41, 5.74) is 2.27. The lowest BCUT2D eigenvalue weighted by Gasteiger charge is -2.06. The molecule has 1 aromatic heterocycles. The number of benzene rings is 1. The van der Waals surface area contributed by atoms with Gasteiger partial charge >= 0.3 is 0 Å². The van der Waals surface area contributed by atoms with E-state index in [4.69, 9.17) is 0 Å². The van der Waals surface area contributed by atoms with Gasteiger partial charge in [0.1, 0.15) is 10.8 Å². The first-order valence-corrected chi connectivity index (χ1v) is 7.58. The number of nitrogens with zero attached hydrogens (tertiary/aromatic N) is 1. The van der Waals surface area contributed by atoms with Gasteiger partial charge in [0.05, 0.1) is 11.3 Å². The SMILES string of the molecule is CNc1snc(C)c1C(=O)N[C@H]1C[C@H]1c1cccc(F)c1. The molecule has 0 aliphatic heterocycles. The fraction of sp³-hybridized carbons (Fsp3) is 0.333. The van der Waals surface area contributed by atoms with Crippen LogP contribution < -0.4 is 10.6 Å². The van der Waals surface area contributed by atoms with Gasteiger partial charge in [-0.15, -0.1) is 0 Å². The van der Waals surface area contributed by atoms with E-state index in [1.54, 1.807) is 13.1 Å². The van der Waals surface area contributed by atoms with E-state index in [0.717, 1.165) is 22.7 Å². The lowest BCUT2D eigenvalue weighted by Crippen LogP contribution is -2.27. The summed E-state index contributed by atoms with van der Waals surface area (Å²) in [6.45, 7) is 1.82. The van der Waals surface area contributed by atoms with E-state index < -0.39 is 0 Å². The minimum absolute atomic E-state index is 0.0725. The van der Waals surface area contributed by atoms with Crippen molar-refractivity contribution in [3.63, 3.8) is 0 Å². The summed E-state index contributed by atoms with van der Waals surface area (Å²) in [6, 6.07) is 6.64. The van der Waals surface area contributed by atoms with Gasteiger partial charge in [0.15, 0.2) is 0 Å². The topological polar surface area (TPSA) is 54.0 Å². The molecule has 1 heterocycles. The van der Waals surface area contributed by atoms with Crippen molar-refractivity contribution in [2.24, 2.45) is 0 Å². The quantitative estimate of drug-likeness (QED) is 0.913. The second-order valence-electron chi connectivity index (χ2n) is 5.20. The highest BCUT2D eigenvalue weighted by molar-refractivity contribution is 7.10. The fourth-order valence-corrected chi connectivity index (χ4v) is 3.25. The Morgan fingerprint density at radius 1 is 1.48 bits per heavy atom. The smallest absolute Gasteiger partial charge is 0.256 e. The van der Waals surface area contributed by atoms with Crippen molar-refractivity contribution in [3.05, 3.63) is 46.9 Å². The molecule has 0 saturated heterocycles. The van der Waals surface area contributed by atoms with E-state index >= 15 is 0 Å². The van der Waals surface area contributed by atoms with E-state index in [0.29, 0.717) is 5.56 Å². The average Bonchev–Trinajstić information content (AvgIpc) is 3.11. The van der Waals surface area contributed by atoms with Crippen LogP contribution in [-0.2, 0) is 0 Å². The molecule has 21 heavy (non-hydrogen) atoms. The largest absolute Gasteiger partial charge is 0.378 e. The van der Waals surface area contributed by atoms with Gasteiger partial charge in [-0.05, 0) is 42.6 Å². The number of carbonyl (C=O) groups is 1. The number of hydrogen-bond donors (Lipinski definition) is 2. The Morgan fingerprint density at radius 3 is 3.00 bits per heavy atom. The third-order valence-electron chi connectivity index (χ3n) is 3.70. The minimum Gasteiger partial charge on any atom is -0.378 e. The predicted octanol–water partition coefficient (Wildman–Crippen LogP) is 2.92. The molecule has 0 spiro atoms. The van der Waals surface area contributed by atoms with E-state index in [-0.39, 0.29) is 23.7 Å². The molecule has 2 atom stereocenters. The van der Waals surface area contributed by atoms with E-state index in [1.807, 2.05) is 13.0 Å². The van der Waals surface area contributed by atoms with Crippen LogP contribution in [0.2, 0.25) is 0 Å². The molecule has 1 fully saturated rings. The molecule has 0 unspecified atom stereocenters. The molecule has 1 aliphatic rings. The number of aryl methyl sites for hydroxylation is 1. The van der Waals surface area contributed by atoms with Crippen molar-refractivity contribution in [2.75, 3.05) is 12.4 Å². The monoisotopic (exact) mass is 305 g/mol.